The summed E-state index contributed by atoms with van der Waals surface area (Å²) < 4.78 is 0. The molecule has 1 unspecified atom stereocenters. The highest BCUT2D eigenvalue weighted by molar-refractivity contribution is 8.18. The minimum absolute atomic E-state index is 0.344. The summed E-state index contributed by atoms with van der Waals surface area (Å²) in [6.45, 7) is 2.91. The number of carbonyl (C=O) groups excluding carboxylic acids is 2. The van der Waals surface area contributed by atoms with E-state index in [1.54, 1.807) is 18.3 Å². The van der Waals surface area contributed by atoms with Crippen molar-refractivity contribution in [2.75, 3.05) is 24.5 Å². The van der Waals surface area contributed by atoms with Crippen molar-refractivity contribution in [1.29, 1.82) is 0 Å². The number of nitrogens with one attached hydrogen (secondary N) is 2. The predicted octanol–water partition coefficient (Wildman–Crippen LogP) is 3.16. The van der Waals surface area contributed by atoms with Gasteiger partial charge >= 0.3 is 0 Å². The summed E-state index contributed by atoms with van der Waals surface area (Å²) >= 11 is 0.904. The van der Waals surface area contributed by atoms with Crippen LogP contribution in [0.1, 0.15) is 36.1 Å². The molecule has 2 fully saturated rings. The summed E-state index contributed by atoms with van der Waals surface area (Å²) in [7, 11) is 0. The lowest BCUT2D eigenvalue weighted by Gasteiger charge is -2.33. The molecule has 5 rings (SSSR count). The maximum Gasteiger partial charge on any atom is 0.290 e. The van der Waals surface area contributed by atoms with E-state index in [-0.39, 0.29) is 11.1 Å². The Labute approximate surface area is 192 Å². The summed E-state index contributed by atoms with van der Waals surface area (Å²) in [6, 6.07) is 11.1. The van der Waals surface area contributed by atoms with Crippen LogP contribution in [0.3, 0.4) is 0 Å². The number of hydrogen-bond acceptors (Lipinski definition) is 7. The van der Waals surface area contributed by atoms with Gasteiger partial charge in [-0.05, 0) is 79.6 Å². The molecule has 2 aromatic rings. The molecule has 1 aromatic carbocycles. The van der Waals surface area contributed by atoms with E-state index in [2.05, 4.69) is 49.8 Å². The van der Waals surface area contributed by atoms with Crippen molar-refractivity contribution >= 4 is 34.9 Å². The fraction of sp³-hybridized carbons (Fsp3) is 0.417. The van der Waals surface area contributed by atoms with Crippen LogP contribution >= 0.6 is 11.8 Å². The van der Waals surface area contributed by atoms with Crippen LogP contribution in [0.25, 0.3) is 6.08 Å². The Balaban J connectivity index is 1.12. The van der Waals surface area contributed by atoms with E-state index in [0.717, 1.165) is 50.7 Å². The number of fused-ring (bicyclic) bond motifs is 1. The number of imide groups is 1. The third kappa shape index (κ3) is 4.86. The minimum atomic E-state index is -0.366. The number of anilines is 1. The molecule has 0 radical (unpaired) electrons. The van der Waals surface area contributed by atoms with Gasteiger partial charge in [-0.3, -0.25) is 14.9 Å². The van der Waals surface area contributed by atoms with E-state index in [1.165, 1.54) is 24.0 Å². The van der Waals surface area contributed by atoms with E-state index in [1.807, 2.05) is 0 Å². The summed E-state index contributed by atoms with van der Waals surface area (Å²) in [5.74, 6) is 0.984. The zero-order chi connectivity index (χ0) is 21.9. The van der Waals surface area contributed by atoms with E-state index < -0.39 is 0 Å². The molecule has 166 valence electrons. The van der Waals surface area contributed by atoms with Gasteiger partial charge in [-0.1, -0.05) is 24.3 Å². The normalized spacial score (nSPS) is 22.8. The standard InChI is InChI=1S/C24H27N5O2S/c30-22-21(32-24(31)28-22)14-20-7-10-25-23(27-20)29-11-8-16(9-12-29)15-26-19-6-5-17-3-1-2-4-18(17)13-19/h1-4,7,10,14,16,19,26H,5-6,8-9,11-13,15H2,(H,28,30,31). The van der Waals surface area contributed by atoms with E-state index in [0.29, 0.717) is 28.5 Å². The number of aromatic nitrogens is 2. The van der Waals surface area contributed by atoms with Crippen LogP contribution in [-0.4, -0.2) is 46.8 Å². The smallest absolute Gasteiger partial charge is 0.290 e. The molecule has 1 atom stereocenters. The Kier molecular flexibility index (Phi) is 6.23. The van der Waals surface area contributed by atoms with Gasteiger partial charge < -0.3 is 10.2 Å². The molecule has 7 nitrogen and oxygen atoms in total. The molecule has 2 amide bonds. The Bertz CT molecular complexity index is 1050. The molecular formula is C24H27N5O2S. The van der Waals surface area contributed by atoms with Gasteiger partial charge in [0.2, 0.25) is 5.95 Å². The van der Waals surface area contributed by atoms with E-state index >= 15 is 0 Å². The van der Waals surface area contributed by atoms with Crippen molar-refractivity contribution in [3.63, 3.8) is 0 Å². The molecule has 0 spiro atoms. The van der Waals surface area contributed by atoms with Crippen LogP contribution in [0.5, 0.6) is 0 Å². The molecule has 8 heteroatoms. The highest BCUT2D eigenvalue weighted by Gasteiger charge is 2.26. The first-order chi connectivity index (χ1) is 15.6. The average Bonchev–Trinajstić information content (AvgIpc) is 3.14. The fourth-order valence-electron chi connectivity index (χ4n) is 4.69. The fourth-order valence-corrected chi connectivity index (χ4v) is 5.36. The molecule has 2 aliphatic heterocycles. The number of carbonyl (C=O) groups is 2. The molecule has 0 bridgehead atoms. The number of nitrogens with zero attached hydrogens (tertiary/aromatic N) is 3. The molecule has 3 aliphatic rings. The second-order valence-corrected chi connectivity index (χ2v) is 9.70. The zero-order valence-corrected chi connectivity index (χ0v) is 18.7. The monoisotopic (exact) mass is 449 g/mol. The van der Waals surface area contributed by atoms with Crippen molar-refractivity contribution in [3.8, 4) is 0 Å². The van der Waals surface area contributed by atoms with E-state index in [4.69, 9.17) is 0 Å². The van der Waals surface area contributed by atoms with Gasteiger partial charge in [0.1, 0.15) is 0 Å². The molecule has 1 aliphatic carbocycles. The molecule has 1 aromatic heterocycles. The van der Waals surface area contributed by atoms with Gasteiger partial charge in [-0.25, -0.2) is 9.97 Å². The Morgan fingerprint density at radius 2 is 1.94 bits per heavy atom. The van der Waals surface area contributed by atoms with Crippen molar-refractivity contribution in [1.82, 2.24) is 20.6 Å². The van der Waals surface area contributed by atoms with Gasteiger partial charge in [0.15, 0.2) is 0 Å². The van der Waals surface area contributed by atoms with Gasteiger partial charge in [0.25, 0.3) is 11.1 Å². The van der Waals surface area contributed by atoms with Crippen LogP contribution in [0.15, 0.2) is 41.4 Å². The summed E-state index contributed by atoms with van der Waals surface area (Å²) in [5, 5.41) is 5.74. The quantitative estimate of drug-likeness (QED) is 0.678. The highest BCUT2D eigenvalue weighted by Crippen LogP contribution is 2.26. The van der Waals surface area contributed by atoms with Crippen LogP contribution in [0.2, 0.25) is 0 Å². The van der Waals surface area contributed by atoms with Crippen LogP contribution < -0.4 is 15.5 Å². The third-order valence-electron chi connectivity index (χ3n) is 6.52. The second kappa shape index (κ2) is 9.42. The van der Waals surface area contributed by atoms with Crippen molar-refractivity contribution in [2.45, 2.75) is 38.1 Å². The van der Waals surface area contributed by atoms with Crippen molar-refractivity contribution in [2.24, 2.45) is 5.92 Å². The third-order valence-corrected chi connectivity index (χ3v) is 7.34. The van der Waals surface area contributed by atoms with Crippen LogP contribution in [0.4, 0.5) is 10.7 Å². The number of thioether (sulfide) groups is 1. The zero-order valence-electron chi connectivity index (χ0n) is 17.9. The lowest BCUT2D eigenvalue weighted by molar-refractivity contribution is -0.115. The Morgan fingerprint density at radius 3 is 2.72 bits per heavy atom. The average molecular weight is 450 g/mol. The van der Waals surface area contributed by atoms with Crippen molar-refractivity contribution in [3.05, 3.63) is 58.3 Å². The maximum atomic E-state index is 11.8. The Morgan fingerprint density at radius 1 is 1.12 bits per heavy atom. The SMILES string of the molecule is O=C1NC(=O)C(=Cc2ccnc(N3CCC(CNC4CCc5ccccc5C4)CC3)n2)S1. The van der Waals surface area contributed by atoms with Crippen LogP contribution in [-0.2, 0) is 17.6 Å². The summed E-state index contributed by atoms with van der Waals surface area (Å²) in [5.41, 5.74) is 3.65. The first-order valence-electron chi connectivity index (χ1n) is 11.3. The number of hydrogen-bond donors (Lipinski definition) is 2. The first-order valence-corrected chi connectivity index (χ1v) is 12.1. The largest absolute Gasteiger partial charge is 0.341 e. The predicted molar refractivity (Wildman–Crippen MR) is 126 cm³/mol. The second-order valence-electron chi connectivity index (χ2n) is 8.68. The summed E-state index contributed by atoms with van der Waals surface area (Å²) in [4.78, 5) is 34.7. The molecule has 2 saturated heterocycles. The molecule has 2 N–H and O–H groups in total. The maximum absolute atomic E-state index is 11.8. The number of benzene rings is 1. The molecule has 0 saturated carbocycles. The molecular weight excluding hydrogens is 422 g/mol. The van der Waals surface area contributed by atoms with Gasteiger partial charge in [0.05, 0.1) is 10.6 Å². The topological polar surface area (TPSA) is 87.2 Å². The first kappa shape index (κ1) is 21.2. The molecule has 32 heavy (non-hydrogen) atoms. The highest BCUT2D eigenvalue weighted by atomic mass is 32.2. The lowest BCUT2D eigenvalue weighted by atomic mass is 9.87. The van der Waals surface area contributed by atoms with Gasteiger partial charge in [-0.2, -0.15) is 0 Å². The number of amides is 2. The number of rotatable bonds is 5. The number of piperidine rings is 1. The Hall–Kier alpha value is -2.71. The van der Waals surface area contributed by atoms with Crippen LogP contribution in [0, 0.1) is 5.92 Å². The number of aryl methyl sites for hydroxylation is 1. The lowest BCUT2D eigenvalue weighted by Crippen LogP contribution is -2.42. The molecule has 3 heterocycles. The van der Waals surface area contributed by atoms with Gasteiger partial charge in [0, 0.05) is 25.3 Å². The van der Waals surface area contributed by atoms with E-state index in [9.17, 15) is 9.59 Å². The summed E-state index contributed by atoms with van der Waals surface area (Å²) in [6.07, 6.45) is 9.10. The minimum Gasteiger partial charge on any atom is -0.341 e. The van der Waals surface area contributed by atoms with Crippen molar-refractivity contribution < 1.29 is 9.59 Å². The van der Waals surface area contributed by atoms with Gasteiger partial charge in [-0.15, -0.1) is 0 Å².